The van der Waals surface area contributed by atoms with E-state index in [1.54, 1.807) is 0 Å². The highest BCUT2D eigenvalue weighted by molar-refractivity contribution is 4.79. The number of rotatable bonds is 7. The van der Waals surface area contributed by atoms with Gasteiger partial charge in [0.15, 0.2) is 0 Å². The lowest BCUT2D eigenvalue weighted by molar-refractivity contribution is 0.169. The first-order valence-electron chi connectivity index (χ1n) is 7.81. The van der Waals surface area contributed by atoms with Gasteiger partial charge in [-0.2, -0.15) is 5.10 Å². The second-order valence-electron chi connectivity index (χ2n) is 5.59. The lowest BCUT2D eigenvalue weighted by atomic mass is 10.1. The van der Waals surface area contributed by atoms with Crippen molar-refractivity contribution in [2.45, 2.75) is 57.5 Å². The van der Waals surface area contributed by atoms with Gasteiger partial charge in [0, 0.05) is 25.0 Å². The van der Waals surface area contributed by atoms with Gasteiger partial charge >= 0.3 is 0 Å². The zero-order chi connectivity index (χ0) is 13.3. The van der Waals surface area contributed by atoms with Crippen molar-refractivity contribution < 1.29 is 0 Å². The Hall–Kier alpha value is -0.870. The van der Waals surface area contributed by atoms with Crippen LogP contribution in [0.5, 0.6) is 0 Å². The zero-order valence-electron chi connectivity index (χ0n) is 12.0. The van der Waals surface area contributed by atoms with Crippen molar-refractivity contribution in [2.75, 3.05) is 19.6 Å². The number of aromatic nitrogens is 2. The SMILES string of the molecule is NCCCN(CCn1cccn1)C1CCCCCC1. The Bertz CT molecular complexity index is 315. The first kappa shape index (κ1) is 14.5. The van der Waals surface area contributed by atoms with Crippen LogP contribution in [0.1, 0.15) is 44.9 Å². The molecular formula is C15H28N4. The van der Waals surface area contributed by atoms with Crippen LogP contribution in [0.25, 0.3) is 0 Å². The molecule has 2 rings (SSSR count). The summed E-state index contributed by atoms with van der Waals surface area (Å²) in [6, 6.07) is 2.76. The van der Waals surface area contributed by atoms with Gasteiger partial charge in [0.1, 0.15) is 0 Å². The van der Waals surface area contributed by atoms with E-state index in [4.69, 9.17) is 5.73 Å². The molecule has 0 bridgehead atoms. The van der Waals surface area contributed by atoms with Crippen LogP contribution in [0.15, 0.2) is 18.5 Å². The summed E-state index contributed by atoms with van der Waals surface area (Å²) in [5.74, 6) is 0. The first-order chi connectivity index (χ1) is 9.40. The Morgan fingerprint density at radius 1 is 1.16 bits per heavy atom. The fourth-order valence-electron chi connectivity index (χ4n) is 3.06. The van der Waals surface area contributed by atoms with E-state index < -0.39 is 0 Å². The van der Waals surface area contributed by atoms with Crippen molar-refractivity contribution in [2.24, 2.45) is 5.73 Å². The van der Waals surface area contributed by atoms with Gasteiger partial charge in [-0.15, -0.1) is 0 Å². The van der Waals surface area contributed by atoms with Gasteiger partial charge in [0.05, 0.1) is 6.54 Å². The van der Waals surface area contributed by atoms with Crippen molar-refractivity contribution in [3.63, 3.8) is 0 Å². The van der Waals surface area contributed by atoms with Crippen LogP contribution in [0.2, 0.25) is 0 Å². The molecule has 4 nitrogen and oxygen atoms in total. The molecule has 0 unspecified atom stereocenters. The normalized spacial score (nSPS) is 17.8. The van der Waals surface area contributed by atoms with Gasteiger partial charge in [0.2, 0.25) is 0 Å². The van der Waals surface area contributed by atoms with Crippen LogP contribution >= 0.6 is 0 Å². The molecule has 19 heavy (non-hydrogen) atoms. The maximum Gasteiger partial charge on any atom is 0.0536 e. The fraction of sp³-hybridized carbons (Fsp3) is 0.800. The van der Waals surface area contributed by atoms with E-state index in [9.17, 15) is 0 Å². The minimum atomic E-state index is 0.768. The largest absolute Gasteiger partial charge is 0.330 e. The Balaban J connectivity index is 1.85. The highest BCUT2D eigenvalue weighted by Crippen LogP contribution is 2.22. The van der Waals surface area contributed by atoms with Gasteiger partial charge in [-0.1, -0.05) is 25.7 Å². The van der Waals surface area contributed by atoms with E-state index in [1.807, 2.05) is 23.1 Å². The van der Waals surface area contributed by atoms with E-state index in [0.29, 0.717) is 0 Å². The molecule has 1 saturated carbocycles. The molecule has 1 aromatic heterocycles. The summed E-state index contributed by atoms with van der Waals surface area (Å²) < 4.78 is 2.03. The molecule has 1 aromatic rings. The van der Waals surface area contributed by atoms with Crippen molar-refractivity contribution in [1.29, 1.82) is 0 Å². The summed E-state index contributed by atoms with van der Waals surface area (Å²) in [4.78, 5) is 2.65. The number of nitrogens with zero attached hydrogens (tertiary/aromatic N) is 3. The van der Waals surface area contributed by atoms with Gasteiger partial charge < -0.3 is 5.73 Å². The molecule has 0 spiro atoms. The Morgan fingerprint density at radius 2 is 1.95 bits per heavy atom. The van der Waals surface area contributed by atoms with Gasteiger partial charge in [0.25, 0.3) is 0 Å². The fourth-order valence-corrected chi connectivity index (χ4v) is 3.06. The molecular weight excluding hydrogens is 236 g/mol. The Morgan fingerprint density at radius 3 is 2.58 bits per heavy atom. The molecule has 1 heterocycles. The van der Waals surface area contributed by atoms with E-state index in [0.717, 1.165) is 38.6 Å². The van der Waals surface area contributed by atoms with Crippen LogP contribution in [0, 0.1) is 0 Å². The van der Waals surface area contributed by atoms with Crippen molar-refractivity contribution in [3.05, 3.63) is 18.5 Å². The topological polar surface area (TPSA) is 47.1 Å². The third-order valence-electron chi connectivity index (χ3n) is 4.17. The average Bonchev–Trinajstić information content (AvgIpc) is 2.80. The molecule has 0 saturated heterocycles. The smallest absolute Gasteiger partial charge is 0.0536 e. The number of hydrogen-bond acceptors (Lipinski definition) is 3. The summed E-state index contributed by atoms with van der Waals surface area (Å²) >= 11 is 0. The predicted octanol–water partition coefficient (Wildman–Crippen LogP) is 2.26. The monoisotopic (exact) mass is 264 g/mol. The number of nitrogens with two attached hydrogens (primary N) is 1. The third-order valence-corrected chi connectivity index (χ3v) is 4.17. The second kappa shape index (κ2) is 8.33. The molecule has 0 amide bonds. The third kappa shape index (κ3) is 4.96. The zero-order valence-corrected chi connectivity index (χ0v) is 12.0. The lowest BCUT2D eigenvalue weighted by Gasteiger charge is -2.31. The maximum atomic E-state index is 5.68. The van der Waals surface area contributed by atoms with Gasteiger partial charge in [-0.3, -0.25) is 9.58 Å². The Kier molecular flexibility index (Phi) is 6.37. The van der Waals surface area contributed by atoms with E-state index in [2.05, 4.69) is 10.00 Å². The molecule has 108 valence electrons. The standard InChI is InChI=1S/C15H28N4/c16-9-5-11-18(13-14-19-12-6-10-17-19)15-7-3-1-2-4-8-15/h6,10,12,15H,1-5,7-9,11,13-14,16H2. The first-order valence-corrected chi connectivity index (χ1v) is 7.81. The van der Waals surface area contributed by atoms with Crippen molar-refractivity contribution in [3.8, 4) is 0 Å². The number of hydrogen-bond donors (Lipinski definition) is 1. The van der Waals surface area contributed by atoms with E-state index in [-0.39, 0.29) is 0 Å². The molecule has 2 N–H and O–H groups in total. The molecule has 0 aromatic carbocycles. The molecule has 4 heteroatoms. The van der Waals surface area contributed by atoms with E-state index in [1.165, 1.54) is 38.5 Å². The van der Waals surface area contributed by atoms with Crippen LogP contribution in [0.4, 0.5) is 0 Å². The van der Waals surface area contributed by atoms with Crippen LogP contribution in [-0.2, 0) is 6.54 Å². The molecule has 0 radical (unpaired) electrons. The van der Waals surface area contributed by atoms with Gasteiger partial charge in [-0.05, 0) is 38.4 Å². The molecule has 0 atom stereocenters. The van der Waals surface area contributed by atoms with Crippen LogP contribution in [0.3, 0.4) is 0 Å². The molecule has 1 aliphatic carbocycles. The highest BCUT2D eigenvalue weighted by Gasteiger charge is 2.19. The summed E-state index contributed by atoms with van der Waals surface area (Å²) in [7, 11) is 0. The minimum Gasteiger partial charge on any atom is -0.330 e. The van der Waals surface area contributed by atoms with E-state index >= 15 is 0 Å². The summed E-state index contributed by atoms with van der Waals surface area (Å²) in [5, 5.41) is 4.30. The lowest BCUT2D eigenvalue weighted by Crippen LogP contribution is -2.38. The van der Waals surface area contributed by atoms with Crippen LogP contribution < -0.4 is 5.73 Å². The average molecular weight is 264 g/mol. The maximum absolute atomic E-state index is 5.68. The van der Waals surface area contributed by atoms with Crippen molar-refractivity contribution >= 4 is 0 Å². The summed E-state index contributed by atoms with van der Waals surface area (Å²) in [6.45, 7) is 4.04. The quantitative estimate of drug-likeness (QED) is 0.768. The second-order valence-corrected chi connectivity index (χ2v) is 5.59. The van der Waals surface area contributed by atoms with Gasteiger partial charge in [-0.25, -0.2) is 0 Å². The Labute approximate surface area is 117 Å². The van der Waals surface area contributed by atoms with Crippen LogP contribution in [-0.4, -0.2) is 40.4 Å². The predicted molar refractivity (Wildman–Crippen MR) is 79.0 cm³/mol. The minimum absolute atomic E-state index is 0.768. The molecule has 0 aliphatic heterocycles. The molecule has 1 fully saturated rings. The highest BCUT2D eigenvalue weighted by atomic mass is 15.3. The van der Waals surface area contributed by atoms with Crippen molar-refractivity contribution in [1.82, 2.24) is 14.7 Å². The summed E-state index contributed by atoms with van der Waals surface area (Å²) in [6.07, 6.45) is 13.4. The summed E-state index contributed by atoms with van der Waals surface area (Å²) in [5.41, 5.74) is 5.68. The molecule has 1 aliphatic rings.